The van der Waals surface area contributed by atoms with Gasteiger partial charge >= 0.3 is 0 Å². The third-order valence-electron chi connectivity index (χ3n) is 3.18. The average molecular weight is 218 g/mol. The van der Waals surface area contributed by atoms with E-state index in [9.17, 15) is 0 Å². The second kappa shape index (κ2) is 3.08. The Kier molecular flexibility index (Phi) is 1.59. The van der Waals surface area contributed by atoms with Crippen LogP contribution in [0, 0.1) is 0 Å². The highest BCUT2D eigenvalue weighted by Gasteiger charge is 2.05. The molecule has 2 nitrogen and oxygen atoms in total. The van der Waals surface area contributed by atoms with E-state index in [2.05, 4.69) is 64.0 Å². The van der Waals surface area contributed by atoms with Crippen molar-refractivity contribution in [2.24, 2.45) is 0 Å². The molecule has 17 heavy (non-hydrogen) atoms. The summed E-state index contributed by atoms with van der Waals surface area (Å²) in [6.45, 7) is 0. The molecule has 0 aliphatic heterocycles. The van der Waals surface area contributed by atoms with Crippen LogP contribution in [0.15, 0.2) is 60.7 Å². The Hall–Kier alpha value is -2.35. The summed E-state index contributed by atoms with van der Waals surface area (Å²) in [5.74, 6) is 0. The van der Waals surface area contributed by atoms with Crippen LogP contribution in [0.4, 0.5) is 0 Å². The van der Waals surface area contributed by atoms with Crippen LogP contribution in [0.1, 0.15) is 0 Å². The fraction of sp³-hybridized carbons (Fsp3) is 0. The van der Waals surface area contributed by atoms with Gasteiger partial charge in [0.1, 0.15) is 5.65 Å². The molecule has 0 saturated carbocycles. The molecule has 2 heteroatoms. The molecular weight excluding hydrogens is 208 g/mol. The molecule has 0 bridgehead atoms. The highest BCUT2D eigenvalue weighted by atomic mass is 15.0. The van der Waals surface area contributed by atoms with E-state index in [0.717, 1.165) is 11.2 Å². The van der Waals surface area contributed by atoms with Gasteiger partial charge in [-0.3, -0.25) is 4.40 Å². The Bertz CT molecular complexity index is 837. The summed E-state index contributed by atoms with van der Waals surface area (Å²) in [7, 11) is 0. The molecule has 0 N–H and O–H groups in total. The number of pyridine rings is 1. The van der Waals surface area contributed by atoms with Crippen LogP contribution in [0.3, 0.4) is 0 Å². The quantitative estimate of drug-likeness (QED) is 0.440. The van der Waals surface area contributed by atoms with Crippen LogP contribution in [0.2, 0.25) is 0 Å². The van der Waals surface area contributed by atoms with E-state index in [-0.39, 0.29) is 0 Å². The SMILES string of the molecule is c1ccc2c(c1)ccc1nc3ccccc3n12. The number of fused-ring (bicyclic) bond motifs is 5. The molecule has 0 amide bonds. The van der Waals surface area contributed by atoms with E-state index in [1.165, 1.54) is 16.4 Å². The Labute approximate surface area is 98.1 Å². The largest absolute Gasteiger partial charge is 0.292 e. The Morgan fingerprint density at radius 2 is 1.47 bits per heavy atom. The molecule has 80 valence electrons. The summed E-state index contributed by atoms with van der Waals surface area (Å²) >= 11 is 0. The normalized spacial score (nSPS) is 11.5. The van der Waals surface area contributed by atoms with Gasteiger partial charge in [0.15, 0.2) is 0 Å². The maximum Gasteiger partial charge on any atom is 0.138 e. The first-order chi connectivity index (χ1) is 8.43. The lowest BCUT2D eigenvalue weighted by atomic mass is 10.2. The summed E-state index contributed by atoms with van der Waals surface area (Å²) in [6, 6.07) is 20.8. The summed E-state index contributed by atoms with van der Waals surface area (Å²) in [5.41, 5.74) is 4.42. The molecule has 0 aliphatic rings. The van der Waals surface area contributed by atoms with E-state index >= 15 is 0 Å². The van der Waals surface area contributed by atoms with Crippen LogP contribution in [0.25, 0.3) is 27.6 Å². The maximum atomic E-state index is 4.63. The lowest BCUT2D eigenvalue weighted by Gasteiger charge is -2.02. The minimum atomic E-state index is 1.00. The number of para-hydroxylation sites is 3. The molecule has 2 heterocycles. The highest BCUT2D eigenvalue weighted by molar-refractivity contribution is 5.90. The number of hydrogen-bond donors (Lipinski definition) is 0. The number of nitrogens with zero attached hydrogens (tertiary/aromatic N) is 2. The Morgan fingerprint density at radius 1 is 0.706 bits per heavy atom. The zero-order valence-electron chi connectivity index (χ0n) is 9.17. The maximum absolute atomic E-state index is 4.63. The van der Waals surface area contributed by atoms with Gasteiger partial charge in [0.2, 0.25) is 0 Å². The Morgan fingerprint density at radius 3 is 2.41 bits per heavy atom. The van der Waals surface area contributed by atoms with Gasteiger partial charge in [-0.1, -0.05) is 30.3 Å². The smallest absolute Gasteiger partial charge is 0.138 e. The van der Waals surface area contributed by atoms with Gasteiger partial charge < -0.3 is 0 Å². The molecule has 0 unspecified atom stereocenters. The van der Waals surface area contributed by atoms with E-state index < -0.39 is 0 Å². The van der Waals surface area contributed by atoms with Gasteiger partial charge in [0.25, 0.3) is 0 Å². The molecule has 2 aromatic carbocycles. The molecular formula is C15H10N2. The fourth-order valence-corrected chi connectivity index (χ4v) is 2.41. The molecule has 4 rings (SSSR count). The molecule has 0 fully saturated rings. The second-order valence-corrected chi connectivity index (χ2v) is 4.19. The first-order valence-electron chi connectivity index (χ1n) is 5.68. The standard InChI is InChI=1S/C15H10N2/c1-3-7-13-11(5-1)9-10-15-16-12-6-2-4-8-14(12)17(13)15/h1-10H. The van der Waals surface area contributed by atoms with Crippen molar-refractivity contribution < 1.29 is 0 Å². The van der Waals surface area contributed by atoms with Crippen LogP contribution in [-0.2, 0) is 0 Å². The van der Waals surface area contributed by atoms with Crippen molar-refractivity contribution in [3.05, 3.63) is 60.7 Å². The highest BCUT2D eigenvalue weighted by Crippen LogP contribution is 2.22. The van der Waals surface area contributed by atoms with Crippen molar-refractivity contribution in [2.45, 2.75) is 0 Å². The Balaban J connectivity index is 2.38. The van der Waals surface area contributed by atoms with Gasteiger partial charge in [-0.15, -0.1) is 0 Å². The molecule has 0 saturated heterocycles. The number of hydrogen-bond acceptors (Lipinski definition) is 1. The lowest BCUT2D eigenvalue weighted by molar-refractivity contribution is 1.30. The molecule has 4 aromatic rings. The van der Waals surface area contributed by atoms with E-state index in [4.69, 9.17) is 0 Å². The number of rotatable bonds is 0. The van der Waals surface area contributed by atoms with E-state index in [1.54, 1.807) is 0 Å². The average Bonchev–Trinajstić information content (AvgIpc) is 2.77. The van der Waals surface area contributed by atoms with Gasteiger partial charge in [-0.2, -0.15) is 0 Å². The summed E-state index contributed by atoms with van der Waals surface area (Å²) in [5, 5.41) is 1.24. The topological polar surface area (TPSA) is 17.3 Å². The van der Waals surface area contributed by atoms with Crippen molar-refractivity contribution in [2.75, 3.05) is 0 Å². The fourth-order valence-electron chi connectivity index (χ4n) is 2.41. The van der Waals surface area contributed by atoms with Gasteiger partial charge in [-0.05, 0) is 35.7 Å². The van der Waals surface area contributed by atoms with Crippen LogP contribution >= 0.6 is 0 Å². The van der Waals surface area contributed by atoms with Crippen molar-refractivity contribution >= 4 is 27.6 Å². The third-order valence-corrected chi connectivity index (χ3v) is 3.18. The van der Waals surface area contributed by atoms with Crippen LogP contribution in [-0.4, -0.2) is 9.38 Å². The number of imidazole rings is 1. The summed E-state index contributed by atoms with van der Waals surface area (Å²) < 4.78 is 2.21. The second-order valence-electron chi connectivity index (χ2n) is 4.19. The van der Waals surface area contributed by atoms with E-state index in [0.29, 0.717) is 0 Å². The van der Waals surface area contributed by atoms with Crippen LogP contribution < -0.4 is 0 Å². The molecule has 0 atom stereocenters. The summed E-state index contributed by atoms with van der Waals surface area (Å²) in [6.07, 6.45) is 0. The zero-order valence-corrected chi connectivity index (χ0v) is 9.17. The monoisotopic (exact) mass is 218 g/mol. The van der Waals surface area contributed by atoms with Crippen molar-refractivity contribution in [3.63, 3.8) is 0 Å². The zero-order chi connectivity index (χ0) is 11.2. The molecule has 0 aliphatic carbocycles. The summed E-state index contributed by atoms with van der Waals surface area (Å²) in [4.78, 5) is 4.63. The van der Waals surface area contributed by atoms with Crippen molar-refractivity contribution in [1.82, 2.24) is 9.38 Å². The van der Waals surface area contributed by atoms with Gasteiger partial charge in [0, 0.05) is 0 Å². The number of benzene rings is 2. The van der Waals surface area contributed by atoms with Gasteiger partial charge in [-0.25, -0.2) is 4.98 Å². The first kappa shape index (κ1) is 8.76. The minimum absolute atomic E-state index is 1.00. The molecule has 0 radical (unpaired) electrons. The molecule has 0 spiro atoms. The van der Waals surface area contributed by atoms with Crippen LogP contribution in [0.5, 0.6) is 0 Å². The minimum Gasteiger partial charge on any atom is -0.292 e. The first-order valence-corrected chi connectivity index (χ1v) is 5.68. The number of aromatic nitrogens is 2. The lowest BCUT2D eigenvalue weighted by Crippen LogP contribution is -1.87. The third kappa shape index (κ3) is 1.12. The van der Waals surface area contributed by atoms with E-state index in [1.807, 2.05) is 6.07 Å². The van der Waals surface area contributed by atoms with Crippen molar-refractivity contribution in [1.29, 1.82) is 0 Å². The van der Waals surface area contributed by atoms with Crippen molar-refractivity contribution in [3.8, 4) is 0 Å². The van der Waals surface area contributed by atoms with Gasteiger partial charge in [0.05, 0.1) is 16.6 Å². The predicted molar refractivity (Wildman–Crippen MR) is 70.2 cm³/mol. The molecule has 2 aromatic heterocycles. The predicted octanol–water partition coefficient (Wildman–Crippen LogP) is 3.64.